The SMILES string of the molecule is CCOc1ccccc1/C=C1\Oc2cc(OC(=O)c3cc4ccccc4o3)ccc2C1=O. The lowest BCUT2D eigenvalue weighted by atomic mass is 10.1. The van der Waals surface area contributed by atoms with E-state index >= 15 is 0 Å². The van der Waals surface area contributed by atoms with Crippen molar-refractivity contribution in [2.75, 3.05) is 6.61 Å². The fourth-order valence-corrected chi connectivity index (χ4v) is 3.50. The van der Waals surface area contributed by atoms with E-state index in [1.54, 1.807) is 30.3 Å². The van der Waals surface area contributed by atoms with Gasteiger partial charge in [-0.15, -0.1) is 0 Å². The first-order valence-corrected chi connectivity index (χ1v) is 10.1. The Bertz CT molecular complexity index is 1350. The summed E-state index contributed by atoms with van der Waals surface area (Å²) in [6, 6.07) is 21.0. The van der Waals surface area contributed by atoms with Crippen molar-refractivity contribution >= 4 is 28.8 Å². The van der Waals surface area contributed by atoms with Gasteiger partial charge in [-0.05, 0) is 43.3 Å². The van der Waals surface area contributed by atoms with Crippen LogP contribution >= 0.6 is 0 Å². The van der Waals surface area contributed by atoms with E-state index < -0.39 is 5.97 Å². The number of fused-ring (bicyclic) bond motifs is 2. The molecule has 6 heteroatoms. The summed E-state index contributed by atoms with van der Waals surface area (Å²) in [5, 5.41) is 0.810. The molecule has 3 aromatic carbocycles. The van der Waals surface area contributed by atoms with Crippen LogP contribution in [-0.4, -0.2) is 18.4 Å². The lowest BCUT2D eigenvalue weighted by molar-refractivity contribution is 0.0703. The van der Waals surface area contributed by atoms with Crippen molar-refractivity contribution in [3.63, 3.8) is 0 Å². The number of allylic oxidation sites excluding steroid dienone is 1. The molecule has 0 unspecified atom stereocenters. The Morgan fingerprint density at radius 1 is 1.00 bits per heavy atom. The smallest absolute Gasteiger partial charge is 0.379 e. The zero-order valence-electron chi connectivity index (χ0n) is 17.2. The molecule has 0 radical (unpaired) electrons. The summed E-state index contributed by atoms with van der Waals surface area (Å²) in [6.45, 7) is 2.40. The average molecular weight is 426 g/mol. The molecule has 0 saturated carbocycles. The number of ketones is 1. The number of Topliss-reactive ketones (excluding diaryl/α,β-unsaturated/α-hetero) is 1. The lowest BCUT2D eigenvalue weighted by Gasteiger charge is -2.07. The summed E-state index contributed by atoms with van der Waals surface area (Å²) in [4.78, 5) is 25.3. The largest absolute Gasteiger partial charge is 0.493 e. The minimum absolute atomic E-state index is 0.0943. The molecule has 1 aliphatic rings. The van der Waals surface area contributed by atoms with Crippen molar-refractivity contribution < 1.29 is 28.2 Å². The van der Waals surface area contributed by atoms with Gasteiger partial charge in [-0.1, -0.05) is 36.4 Å². The third-order valence-corrected chi connectivity index (χ3v) is 4.98. The summed E-state index contributed by atoms with van der Waals surface area (Å²) in [5.41, 5.74) is 1.74. The monoisotopic (exact) mass is 426 g/mol. The molecule has 32 heavy (non-hydrogen) atoms. The molecule has 0 aliphatic carbocycles. The standard InChI is InChI=1S/C26H18O6/c1-2-29-20-9-5-3-7-16(20)13-23-25(27)19-12-11-18(15-22(19)32-23)30-26(28)24-14-17-8-4-6-10-21(17)31-24/h3-15H,2H2,1H3/b23-13-. The van der Waals surface area contributed by atoms with E-state index in [1.165, 1.54) is 6.07 Å². The number of benzene rings is 3. The van der Waals surface area contributed by atoms with E-state index in [2.05, 4.69) is 0 Å². The fourth-order valence-electron chi connectivity index (χ4n) is 3.50. The van der Waals surface area contributed by atoms with Crippen LogP contribution < -0.4 is 14.2 Å². The predicted molar refractivity (Wildman–Crippen MR) is 118 cm³/mol. The Hall–Kier alpha value is -4.32. The highest BCUT2D eigenvalue weighted by Gasteiger charge is 2.28. The van der Waals surface area contributed by atoms with Gasteiger partial charge in [0.1, 0.15) is 22.8 Å². The normalized spacial score (nSPS) is 13.8. The van der Waals surface area contributed by atoms with Crippen LogP contribution in [0.15, 0.2) is 83.0 Å². The van der Waals surface area contributed by atoms with Gasteiger partial charge in [0.15, 0.2) is 5.76 Å². The molecule has 1 aliphatic heterocycles. The first kappa shape index (κ1) is 19.6. The van der Waals surface area contributed by atoms with Crippen LogP contribution in [0.25, 0.3) is 17.0 Å². The fraction of sp³-hybridized carbons (Fsp3) is 0.0769. The summed E-state index contributed by atoms with van der Waals surface area (Å²) < 4.78 is 22.4. The number of ether oxygens (including phenoxy) is 3. The number of hydrogen-bond donors (Lipinski definition) is 0. The van der Waals surface area contributed by atoms with E-state index in [1.807, 2.05) is 49.4 Å². The minimum atomic E-state index is -0.633. The summed E-state index contributed by atoms with van der Waals surface area (Å²) >= 11 is 0. The van der Waals surface area contributed by atoms with Crippen LogP contribution in [-0.2, 0) is 0 Å². The van der Waals surface area contributed by atoms with Crippen molar-refractivity contribution in [2.24, 2.45) is 0 Å². The van der Waals surface area contributed by atoms with Gasteiger partial charge >= 0.3 is 5.97 Å². The maximum atomic E-state index is 12.8. The van der Waals surface area contributed by atoms with Crippen LogP contribution in [0.4, 0.5) is 0 Å². The molecule has 0 bridgehead atoms. The maximum absolute atomic E-state index is 12.8. The van der Waals surface area contributed by atoms with E-state index in [0.717, 1.165) is 10.9 Å². The second kappa shape index (κ2) is 8.07. The molecule has 0 fully saturated rings. The second-order valence-electron chi connectivity index (χ2n) is 7.11. The molecular weight excluding hydrogens is 408 g/mol. The van der Waals surface area contributed by atoms with E-state index in [-0.39, 0.29) is 23.1 Å². The van der Waals surface area contributed by atoms with Gasteiger partial charge in [-0.25, -0.2) is 4.79 Å². The number of rotatable bonds is 5. The molecule has 1 aromatic heterocycles. The van der Waals surface area contributed by atoms with Gasteiger partial charge in [0.25, 0.3) is 0 Å². The maximum Gasteiger partial charge on any atom is 0.379 e. The third kappa shape index (κ3) is 3.63. The Labute approximate surface area is 183 Å². The van der Waals surface area contributed by atoms with Gasteiger partial charge < -0.3 is 18.6 Å². The molecular formula is C26H18O6. The lowest BCUT2D eigenvalue weighted by Crippen LogP contribution is -2.07. The van der Waals surface area contributed by atoms with Crippen LogP contribution in [0.2, 0.25) is 0 Å². The highest BCUT2D eigenvalue weighted by molar-refractivity contribution is 6.14. The Kier molecular flexibility index (Phi) is 4.95. The van der Waals surface area contributed by atoms with Crippen molar-refractivity contribution in [1.82, 2.24) is 0 Å². The Morgan fingerprint density at radius 2 is 1.81 bits per heavy atom. The third-order valence-electron chi connectivity index (χ3n) is 4.98. The first-order valence-electron chi connectivity index (χ1n) is 10.1. The number of carbonyl (C=O) groups excluding carboxylic acids is 2. The number of para-hydroxylation sites is 2. The molecule has 0 N–H and O–H groups in total. The van der Waals surface area contributed by atoms with E-state index in [0.29, 0.717) is 29.3 Å². The summed E-state index contributed by atoms with van der Waals surface area (Å²) in [6.07, 6.45) is 1.65. The molecule has 158 valence electrons. The molecule has 0 saturated heterocycles. The molecule has 0 atom stereocenters. The van der Waals surface area contributed by atoms with Gasteiger partial charge in [0, 0.05) is 17.0 Å². The van der Waals surface area contributed by atoms with Crippen molar-refractivity contribution in [1.29, 1.82) is 0 Å². The Morgan fingerprint density at radius 3 is 2.66 bits per heavy atom. The summed E-state index contributed by atoms with van der Waals surface area (Å²) in [5.74, 6) is 0.622. The van der Waals surface area contributed by atoms with Gasteiger partial charge in [-0.3, -0.25) is 4.79 Å². The zero-order chi connectivity index (χ0) is 22.1. The van der Waals surface area contributed by atoms with Crippen LogP contribution in [0.1, 0.15) is 33.4 Å². The van der Waals surface area contributed by atoms with Crippen molar-refractivity contribution in [3.05, 3.63) is 95.4 Å². The molecule has 5 rings (SSSR count). The quantitative estimate of drug-likeness (QED) is 0.233. The number of hydrogen-bond acceptors (Lipinski definition) is 6. The highest BCUT2D eigenvalue weighted by atomic mass is 16.5. The predicted octanol–water partition coefficient (Wildman–Crippen LogP) is 5.67. The van der Waals surface area contributed by atoms with Gasteiger partial charge in [0.2, 0.25) is 11.5 Å². The first-order chi connectivity index (χ1) is 15.6. The summed E-state index contributed by atoms with van der Waals surface area (Å²) in [7, 11) is 0. The zero-order valence-corrected chi connectivity index (χ0v) is 17.2. The number of carbonyl (C=O) groups is 2. The second-order valence-corrected chi connectivity index (χ2v) is 7.11. The number of esters is 1. The molecule has 6 nitrogen and oxygen atoms in total. The van der Waals surface area contributed by atoms with Crippen molar-refractivity contribution in [2.45, 2.75) is 6.92 Å². The van der Waals surface area contributed by atoms with Crippen molar-refractivity contribution in [3.8, 4) is 17.2 Å². The average Bonchev–Trinajstić information content (AvgIpc) is 3.37. The van der Waals surface area contributed by atoms with E-state index in [9.17, 15) is 9.59 Å². The van der Waals surface area contributed by atoms with Gasteiger partial charge in [0.05, 0.1) is 12.2 Å². The van der Waals surface area contributed by atoms with E-state index in [4.69, 9.17) is 18.6 Å². The minimum Gasteiger partial charge on any atom is -0.493 e. The molecule has 0 spiro atoms. The van der Waals surface area contributed by atoms with Gasteiger partial charge in [-0.2, -0.15) is 0 Å². The molecule has 4 aromatic rings. The highest BCUT2D eigenvalue weighted by Crippen LogP contribution is 2.36. The van der Waals surface area contributed by atoms with Crippen LogP contribution in [0, 0.1) is 0 Å². The molecule has 2 heterocycles. The van der Waals surface area contributed by atoms with Crippen LogP contribution in [0.5, 0.6) is 17.2 Å². The Balaban J connectivity index is 1.37. The number of furan rings is 1. The molecule has 0 amide bonds. The van der Waals surface area contributed by atoms with Crippen LogP contribution in [0.3, 0.4) is 0 Å². The topological polar surface area (TPSA) is 75.0 Å².